The second-order valence-corrected chi connectivity index (χ2v) is 6.08. The molecule has 1 heterocycles. The average Bonchev–Trinajstić information content (AvgIpc) is 3.16. The lowest BCUT2D eigenvalue weighted by atomic mass is 10.2. The van der Waals surface area contributed by atoms with E-state index < -0.39 is 0 Å². The molecular formula is C16H18BrNO2. The quantitative estimate of drug-likeness (QED) is 0.859. The summed E-state index contributed by atoms with van der Waals surface area (Å²) in [5.41, 5.74) is 2.28. The first-order valence-corrected chi connectivity index (χ1v) is 7.69. The van der Waals surface area contributed by atoms with Gasteiger partial charge >= 0.3 is 0 Å². The number of nitrogens with one attached hydrogen (secondary N) is 1. The first-order valence-electron chi connectivity index (χ1n) is 6.90. The number of halogens is 1. The predicted octanol–water partition coefficient (Wildman–Crippen LogP) is 4.18. The van der Waals surface area contributed by atoms with Gasteiger partial charge in [-0.1, -0.05) is 15.9 Å². The third-order valence-corrected chi connectivity index (χ3v) is 4.38. The van der Waals surface area contributed by atoms with Crippen molar-refractivity contribution in [3.8, 4) is 5.75 Å². The van der Waals surface area contributed by atoms with Gasteiger partial charge in [0.25, 0.3) is 0 Å². The van der Waals surface area contributed by atoms with Crippen LogP contribution in [0, 0.1) is 6.92 Å². The molecule has 1 aromatic carbocycles. The van der Waals surface area contributed by atoms with Crippen molar-refractivity contribution in [2.24, 2.45) is 0 Å². The molecule has 3 nitrogen and oxygen atoms in total. The fourth-order valence-electron chi connectivity index (χ4n) is 2.04. The summed E-state index contributed by atoms with van der Waals surface area (Å²) < 4.78 is 12.5. The Balaban J connectivity index is 1.59. The first-order chi connectivity index (χ1) is 9.72. The molecule has 0 amide bonds. The van der Waals surface area contributed by atoms with Crippen LogP contribution in [0.25, 0.3) is 0 Å². The Hall–Kier alpha value is -1.26. The monoisotopic (exact) mass is 335 g/mol. The number of hydrogen-bond donors (Lipinski definition) is 1. The zero-order valence-corrected chi connectivity index (χ0v) is 13.1. The van der Waals surface area contributed by atoms with Crippen LogP contribution in [0.4, 0.5) is 0 Å². The molecule has 106 valence electrons. The lowest BCUT2D eigenvalue weighted by Crippen LogP contribution is -2.16. The number of furan rings is 1. The van der Waals surface area contributed by atoms with E-state index in [2.05, 4.69) is 28.2 Å². The van der Waals surface area contributed by atoms with Gasteiger partial charge in [-0.25, -0.2) is 0 Å². The Labute approximate surface area is 127 Å². The third-order valence-electron chi connectivity index (χ3n) is 3.49. The molecule has 1 fully saturated rings. The van der Waals surface area contributed by atoms with Crippen molar-refractivity contribution in [3.05, 3.63) is 51.9 Å². The van der Waals surface area contributed by atoms with E-state index in [4.69, 9.17) is 9.15 Å². The maximum Gasteiger partial charge on any atom is 0.124 e. The van der Waals surface area contributed by atoms with Crippen molar-refractivity contribution in [3.63, 3.8) is 0 Å². The molecule has 1 aromatic heterocycles. The zero-order chi connectivity index (χ0) is 13.9. The van der Waals surface area contributed by atoms with Crippen LogP contribution in [0.5, 0.6) is 5.75 Å². The maximum absolute atomic E-state index is 5.84. The van der Waals surface area contributed by atoms with Gasteiger partial charge in [0, 0.05) is 16.1 Å². The van der Waals surface area contributed by atoms with Crippen LogP contribution in [0.2, 0.25) is 0 Å². The van der Waals surface area contributed by atoms with Crippen LogP contribution in [-0.4, -0.2) is 6.04 Å². The fourth-order valence-corrected chi connectivity index (χ4v) is 2.29. The molecule has 2 aromatic rings. The highest BCUT2D eigenvalue weighted by Gasteiger charge is 2.21. The minimum atomic E-state index is 0.541. The largest absolute Gasteiger partial charge is 0.489 e. The van der Waals surface area contributed by atoms with E-state index in [9.17, 15) is 0 Å². The predicted molar refractivity (Wildman–Crippen MR) is 81.8 cm³/mol. The molecule has 4 heteroatoms. The van der Waals surface area contributed by atoms with Crippen molar-refractivity contribution in [1.29, 1.82) is 0 Å². The molecule has 0 saturated heterocycles. The van der Waals surface area contributed by atoms with Gasteiger partial charge in [-0.2, -0.15) is 0 Å². The van der Waals surface area contributed by atoms with E-state index in [1.54, 1.807) is 6.26 Å². The highest BCUT2D eigenvalue weighted by atomic mass is 79.9. The van der Waals surface area contributed by atoms with Gasteiger partial charge < -0.3 is 14.5 Å². The lowest BCUT2D eigenvalue weighted by Gasteiger charge is -2.08. The molecule has 0 atom stereocenters. The summed E-state index contributed by atoms with van der Waals surface area (Å²) in [4.78, 5) is 0. The van der Waals surface area contributed by atoms with E-state index in [0.29, 0.717) is 12.6 Å². The van der Waals surface area contributed by atoms with Gasteiger partial charge in [-0.15, -0.1) is 0 Å². The molecular weight excluding hydrogens is 318 g/mol. The summed E-state index contributed by atoms with van der Waals surface area (Å²) in [6.45, 7) is 3.38. The molecule has 1 N–H and O–H groups in total. The second kappa shape index (κ2) is 6.02. The number of rotatable bonds is 6. The Morgan fingerprint density at radius 1 is 1.35 bits per heavy atom. The Kier molecular flexibility index (Phi) is 4.13. The van der Waals surface area contributed by atoms with Gasteiger partial charge in [0.1, 0.15) is 18.1 Å². The molecule has 0 unspecified atom stereocenters. The van der Waals surface area contributed by atoms with Crippen LogP contribution < -0.4 is 10.1 Å². The first kappa shape index (κ1) is 13.7. The minimum absolute atomic E-state index is 0.541. The van der Waals surface area contributed by atoms with E-state index in [0.717, 1.165) is 28.1 Å². The van der Waals surface area contributed by atoms with Crippen LogP contribution in [-0.2, 0) is 13.2 Å². The van der Waals surface area contributed by atoms with E-state index >= 15 is 0 Å². The summed E-state index contributed by atoms with van der Waals surface area (Å²) in [6.07, 6.45) is 4.30. The SMILES string of the molecule is Cc1cc(OCc2ccoc2CNC2CC2)ccc1Br. The van der Waals surface area contributed by atoms with Gasteiger partial charge in [0.15, 0.2) is 0 Å². The highest BCUT2D eigenvalue weighted by Crippen LogP contribution is 2.23. The molecule has 0 radical (unpaired) electrons. The smallest absolute Gasteiger partial charge is 0.124 e. The normalized spacial score (nSPS) is 14.5. The lowest BCUT2D eigenvalue weighted by molar-refractivity contribution is 0.301. The molecule has 1 aliphatic rings. The zero-order valence-electron chi connectivity index (χ0n) is 11.5. The average molecular weight is 336 g/mol. The number of ether oxygens (including phenoxy) is 1. The van der Waals surface area contributed by atoms with Crippen molar-refractivity contribution in [1.82, 2.24) is 5.32 Å². The summed E-state index contributed by atoms with van der Waals surface area (Å²) in [7, 11) is 0. The van der Waals surface area contributed by atoms with Crippen molar-refractivity contribution in [2.45, 2.75) is 39.0 Å². The Morgan fingerprint density at radius 2 is 2.20 bits per heavy atom. The number of benzene rings is 1. The summed E-state index contributed by atoms with van der Waals surface area (Å²) in [6, 6.07) is 8.68. The Bertz CT molecular complexity index is 590. The van der Waals surface area contributed by atoms with Crippen LogP contribution >= 0.6 is 15.9 Å². The van der Waals surface area contributed by atoms with E-state index in [1.165, 1.54) is 18.4 Å². The number of hydrogen-bond acceptors (Lipinski definition) is 3. The van der Waals surface area contributed by atoms with Gasteiger partial charge in [0.05, 0.1) is 12.8 Å². The summed E-state index contributed by atoms with van der Waals surface area (Å²) in [5.74, 6) is 1.86. The molecule has 0 spiro atoms. The molecule has 1 saturated carbocycles. The molecule has 0 aliphatic heterocycles. The van der Waals surface area contributed by atoms with E-state index in [-0.39, 0.29) is 0 Å². The van der Waals surface area contributed by atoms with Crippen LogP contribution in [0.3, 0.4) is 0 Å². The van der Waals surface area contributed by atoms with Crippen molar-refractivity contribution < 1.29 is 9.15 Å². The molecule has 1 aliphatic carbocycles. The third kappa shape index (κ3) is 3.44. The van der Waals surface area contributed by atoms with Crippen LogP contribution in [0.15, 0.2) is 39.4 Å². The molecule has 3 rings (SSSR count). The Morgan fingerprint density at radius 3 is 2.95 bits per heavy atom. The highest BCUT2D eigenvalue weighted by molar-refractivity contribution is 9.10. The fraction of sp³-hybridized carbons (Fsp3) is 0.375. The van der Waals surface area contributed by atoms with Crippen molar-refractivity contribution in [2.75, 3.05) is 0 Å². The van der Waals surface area contributed by atoms with Crippen LogP contribution in [0.1, 0.15) is 29.7 Å². The maximum atomic E-state index is 5.84. The van der Waals surface area contributed by atoms with Crippen molar-refractivity contribution >= 4 is 15.9 Å². The topological polar surface area (TPSA) is 34.4 Å². The minimum Gasteiger partial charge on any atom is -0.489 e. The molecule has 0 bridgehead atoms. The second-order valence-electron chi connectivity index (χ2n) is 5.22. The van der Waals surface area contributed by atoms with E-state index in [1.807, 2.05) is 24.3 Å². The standard InChI is InChI=1S/C16H18BrNO2/c1-11-8-14(4-5-15(11)17)20-10-12-6-7-19-16(12)9-18-13-2-3-13/h4-8,13,18H,2-3,9-10H2,1H3. The number of aryl methyl sites for hydroxylation is 1. The van der Waals surface area contributed by atoms with Gasteiger partial charge in [-0.3, -0.25) is 0 Å². The summed E-state index contributed by atoms with van der Waals surface area (Å²) in [5, 5.41) is 3.46. The van der Waals surface area contributed by atoms with Gasteiger partial charge in [0.2, 0.25) is 0 Å². The van der Waals surface area contributed by atoms with Gasteiger partial charge in [-0.05, 0) is 49.6 Å². The molecule has 20 heavy (non-hydrogen) atoms. The summed E-state index contributed by atoms with van der Waals surface area (Å²) >= 11 is 3.49.